The molecule has 1 aromatic carbocycles. The summed E-state index contributed by atoms with van der Waals surface area (Å²) in [5, 5.41) is 0. The standard InChI is InChI=1S/C19H25N3O3/c1-19(2,3)25-18(23)22-11-12-24-16(13-22)14-5-7-15(8-6-14)17-20-9-10-21(17)4/h5-10,16H,11-13H2,1-4H3. The van der Waals surface area contributed by atoms with Gasteiger partial charge in [0.15, 0.2) is 0 Å². The van der Waals surface area contributed by atoms with Crippen molar-refractivity contribution in [2.75, 3.05) is 19.7 Å². The van der Waals surface area contributed by atoms with Crippen molar-refractivity contribution in [1.82, 2.24) is 14.5 Å². The van der Waals surface area contributed by atoms with Crippen LogP contribution in [0.15, 0.2) is 36.7 Å². The molecule has 1 unspecified atom stereocenters. The van der Waals surface area contributed by atoms with Gasteiger partial charge >= 0.3 is 6.09 Å². The number of rotatable bonds is 2. The molecule has 25 heavy (non-hydrogen) atoms. The number of hydrogen-bond donors (Lipinski definition) is 0. The molecule has 0 saturated carbocycles. The minimum atomic E-state index is -0.491. The van der Waals surface area contributed by atoms with Crippen LogP contribution < -0.4 is 0 Å². The first-order valence-corrected chi connectivity index (χ1v) is 8.51. The van der Waals surface area contributed by atoms with Crippen LogP contribution in [0.2, 0.25) is 0 Å². The van der Waals surface area contributed by atoms with Crippen LogP contribution in [-0.2, 0) is 16.5 Å². The predicted molar refractivity (Wildman–Crippen MR) is 95.1 cm³/mol. The number of benzene rings is 1. The van der Waals surface area contributed by atoms with Crippen LogP contribution in [-0.4, -0.2) is 45.8 Å². The molecule has 0 N–H and O–H groups in total. The Hall–Kier alpha value is -2.34. The summed E-state index contributed by atoms with van der Waals surface area (Å²) in [6.45, 7) is 7.18. The highest BCUT2D eigenvalue weighted by Gasteiger charge is 2.28. The fourth-order valence-electron chi connectivity index (χ4n) is 2.83. The van der Waals surface area contributed by atoms with Crippen molar-refractivity contribution in [3.05, 3.63) is 42.2 Å². The summed E-state index contributed by atoms with van der Waals surface area (Å²) in [4.78, 5) is 18.3. The predicted octanol–water partition coefficient (Wildman–Crippen LogP) is 3.40. The van der Waals surface area contributed by atoms with Crippen LogP contribution in [0.5, 0.6) is 0 Å². The number of aromatic nitrogens is 2. The van der Waals surface area contributed by atoms with E-state index in [1.807, 2.05) is 62.8 Å². The van der Waals surface area contributed by atoms with Crippen molar-refractivity contribution >= 4 is 6.09 Å². The van der Waals surface area contributed by atoms with Gasteiger partial charge in [-0.2, -0.15) is 0 Å². The highest BCUT2D eigenvalue weighted by molar-refractivity contribution is 5.68. The Morgan fingerprint density at radius 3 is 2.60 bits per heavy atom. The average Bonchev–Trinajstić information content (AvgIpc) is 3.00. The third-order valence-electron chi connectivity index (χ3n) is 4.08. The quantitative estimate of drug-likeness (QED) is 0.839. The first-order chi connectivity index (χ1) is 11.8. The molecule has 0 spiro atoms. The summed E-state index contributed by atoms with van der Waals surface area (Å²) in [5.74, 6) is 0.923. The van der Waals surface area contributed by atoms with E-state index in [0.717, 1.165) is 17.0 Å². The number of carbonyl (C=O) groups excluding carboxylic acids is 1. The number of ether oxygens (including phenoxy) is 2. The Labute approximate surface area is 148 Å². The monoisotopic (exact) mass is 343 g/mol. The first-order valence-electron chi connectivity index (χ1n) is 8.51. The van der Waals surface area contributed by atoms with Gasteiger partial charge in [0.2, 0.25) is 0 Å². The van der Waals surface area contributed by atoms with E-state index in [0.29, 0.717) is 19.7 Å². The lowest BCUT2D eigenvalue weighted by Crippen LogP contribution is -2.44. The molecule has 1 aromatic heterocycles. The molecule has 0 radical (unpaired) electrons. The minimum Gasteiger partial charge on any atom is -0.444 e. The van der Waals surface area contributed by atoms with E-state index in [4.69, 9.17) is 9.47 Å². The van der Waals surface area contributed by atoms with Crippen molar-refractivity contribution in [3.8, 4) is 11.4 Å². The van der Waals surface area contributed by atoms with Gasteiger partial charge in [-0.3, -0.25) is 0 Å². The molecular weight excluding hydrogens is 318 g/mol. The molecule has 1 aliphatic rings. The van der Waals surface area contributed by atoms with E-state index >= 15 is 0 Å². The van der Waals surface area contributed by atoms with Gasteiger partial charge in [0.1, 0.15) is 17.5 Å². The smallest absolute Gasteiger partial charge is 0.410 e. The molecule has 1 aliphatic heterocycles. The van der Waals surface area contributed by atoms with E-state index in [-0.39, 0.29) is 12.2 Å². The molecular formula is C19H25N3O3. The zero-order valence-electron chi connectivity index (χ0n) is 15.2. The summed E-state index contributed by atoms with van der Waals surface area (Å²) in [6, 6.07) is 8.14. The number of morpholine rings is 1. The summed E-state index contributed by atoms with van der Waals surface area (Å²) >= 11 is 0. The van der Waals surface area contributed by atoms with E-state index < -0.39 is 5.60 Å². The third-order valence-corrected chi connectivity index (χ3v) is 4.08. The van der Waals surface area contributed by atoms with Crippen molar-refractivity contribution in [2.24, 2.45) is 7.05 Å². The number of hydrogen-bond acceptors (Lipinski definition) is 4. The van der Waals surface area contributed by atoms with Gasteiger partial charge in [-0.05, 0) is 26.3 Å². The number of amides is 1. The maximum atomic E-state index is 12.3. The molecule has 3 rings (SSSR count). The first kappa shape index (κ1) is 17.5. The highest BCUT2D eigenvalue weighted by Crippen LogP contribution is 2.26. The second-order valence-electron chi connectivity index (χ2n) is 7.27. The zero-order chi connectivity index (χ0) is 18.0. The van der Waals surface area contributed by atoms with Gasteiger partial charge in [-0.1, -0.05) is 24.3 Å². The van der Waals surface area contributed by atoms with Gasteiger partial charge in [0.25, 0.3) is 0 Å². The Bertz CT molecular complexity index is 731. The van der Waals surface area contributed by atoms with Crippen LogP contribution in [0.1, 0.15) is 32.4 Å². The molecule has 2 aromatic rings. The molecule has 6 heteroatoms. The number of aryl methyl sites for hydroxylation is 1. The van der Waals surface area contributed by atoms with Crippen LogP contribution in [0.3, 0.4) is 0 Å². The van der Waals surface area contributed by atoms with Crippen molar-refractivity contribution in [3.63, 3.8) is 0 Å². The van der Waals surface area contributed by atoms with Gasteiger partial charge < -0.3 is 18.9 Å². The van der Waals surface area contributed by atoms with Gasteiger partial charge in [-0.15, -0.1) is 0 Å². The lowest BCUT2D eigenvalue weighted by atomic mass is 10.1. The largest absolute Gasteiger partial charge is 0.444 e. The molecule has 1 saturated heterocycles. The average molecular weight is 343 g/mol. The molecule has 0 aliphatic carbocycles. The Balaban J connectivity index is 1.69. The fourth-order valence-corrected chi connectivity index (χ4v) is 2.83. The second-order valence-corrected chi connectivity index (χ2v) is 7.27. The third kappa shape index (κ3) is 4.20. The van der Waals surface area contributed by atoms with Crippen molar-refractivity contribution in [2.45, 2.75) is 32.5 Å². The number of imidazole rings is 1. The maximum Gasteiger partial charge on any atom is 0.410 e. The zero-order valence-corrected chi connectivity index (χ0v) is 15.2. The van der Waals surface area contributed by atoms with E-state index in [2.05, 4.69) is 4.98 Å². The summed E-state index contributed by atoms with van der Waals surface area (Å²) < 4.78 is 13.3. The molecule has 1 fully saturated rings. The van der Waals surface area contributed by atoms with Crippen LogP contribution in [0.25, 0.3) is 11.4 Å². The normalized spacial score (nSPS) is 18.2. The Morgan fingerprint density at radius 2 is 2.00 bits per heavy atom. The molecule has 134 valence electrons. The molecule has 2 heterocycles. The van der Waals surface area contributed by atoms with E-state index in [9.17, 15) is 4.79 Å². The second kappa shape index (κ2) is 6.88. The summed E-state index contributed by atoms with van der Waals surface area (Å²) in [7, 11) is 1.97. The Morgan fingerprint density at radius 1 is 1.28 bits per heavy atom. The topological polar surface area (TPSA) is 56.6 Å². The number of carbonyl (C=O) groups is 1. The highest BCUT2D eigenvalue weighted by atomic mass is 16.6. The number of nitrogens with zero attached hydrogens (tertiary/aromatic N) is 3. The Kier molecular flexibility index (Phi) is 4.81. The van der Waals surface area contributed by atoms with Gasteiger partial charge in [0, 0.05) is 31.5 Å². The summed E-state index contributed by atoms with van der Waals surface area (Å²) in [6.07, 6.45) is 3.28. The molecule has 0 bridgehead atoms. The van der Waals surface area contributed by atoms with E-state index in [1.54, 1.807) is 11.1 Å². The lowest BCUT2D eigenvalue weighted by molar-refractivity contribution is -0.0432. The van der Waals surface area contributed by atoms with Crippen LogP contribution in [0, 0.1) is 0 Å². The summed E-state index contributed by atoms with van der Waals surface area (Å²) in [5.41, 5.74) is 1.61. The lowest BCUT2D eigenvalue weighted by Gasteiger charge is -2.34. The van der Waals surface area contributed by atoms with Crippen LogP contribution >= 0.6 is 0 Å². The van der Waals surface area contributed by atoms with Crippen molar-refractivity contribution in [1.29, 1.82) is 0 Å². The van der Waals surface area contributed by atoms with Crippen molar-refractivity contribution < 1.29 is 14.3 Å². The molecule has 6 nitrogen and oxygen atoms in total. The molecule has 1 amide bonds. The van der Waals surface area contributed by atoms with Gasteiger partial charge in [-0.25, -0.2) is 9.78 Å². The minimum absolute atomic E-state index is 0.142. The molecule has 1 atom stereocenters. The fraction of sp³-hybridized carbons (Fsp3) is 0.474. The van der Waals surface area contributed by atoms with Crippen LogP contribution in [0.4, 0.5) is 4.79 Å². The maximum absolute atomic E-state index is 12.3. The van der Waals surface area contributed by atoms with E-state index in [1.165, 1.54) is 0 Å². The SMILES string of the molecule is Cn1ccnc1-c1ccc(C2CN(C(=O)OC(C)(C)C)CCO2)cc1. The van der Waals surface area contributed by atoms with Gasteiger partial charge in [0.05, 0.1) is 13.2 Å².